The minimum absolute atomic E-state index is 0.171. The molecule has 1 fully saturated rings. The number of amides is 4. The molecule has 6 rings (SSSR count). The van der Waals surface area contributed by atoms with Gasteiger partial charge >= 0.3 is 6.03 Å². The maximum absolute atomic E-state index is 13.5. The molecule has 3 heterocycles. The number of pyridine rings is 1. The molecule has 0 saturated heterocycles. The minimum Gasteiger partial charge on any atom is -0.457 e. The number of rotatable bonds is 7. The molecule has 2 aliphatic rings. The standard InChI is InChI=1S/C30H27N5O4S/c1-3-24(36)32-20-10-7-11-21(20)33-28(37)27-26-25-23(14-15-31-29(25)40-27)35(30(38)34-26)22-13-12-19(16-17(22)2)39-18-8-5-4-6-9-18/h3-6,8-9,12-16,20-21H,1,7,10-11H2,2H3,(H,32,36)(H,33,37)(H,34,38)/t20?,21-/m1/s1. The van der Waals surface area contributed by atoms with E-state index >= 15 is 0 Å². The number of hydrogen-bond acceptors (Lipinski definition) is 6. The molecule has 3 N–H and O–H groups in total. The van der Waals surface area contributed by atoms with Crippen molar-refractivity contribution in [2.24, 2.45) is 0 Å². The molecule has 4 amide bonds. The highest BCUT2D eigenvalue weighted by Crippen LogP contribution is 2.46. The lowest BCUT2D eigenvalue weighted by atomic mass is 10.1. The van der Waals surface area contributed by atoms with Crippen molar-refractivity contribution in [3.8, 4) is 11.5 Å². The van der Waals surface area contributed by atoms with Crippen molar-refractivity contribution in [2.75, 3.05) is 10.2 Å². The maximum atomic E-state index is 13.5. The monoisotopic (exact) mass is 553 g/mol. The highest BCUT2D eigenvalue weighted by Gasteiger charge is 2.35. The molecule has 10 heteroatoms. The lowest BCUT2D eigenvalue weighted by Crippen LogP contribution is -2.48. The van der Waals surface area contributed by atoms with Crippen LogP contribution in [0.5, 0.6) is 11.5 Å². The Labute approximate surface area is 234 Å². The van der Waals surface area contributed by atoms with Crippen LogP contribution in [0, 0.1) is 6.92 Å². The highest BCUT2D eigenvalue weighted by molar-refractivity contribution is 7.21. The van der Waals surface area contributed by atoms with Gasteiger partial charge in [0.05, 0.1) is 22.4 Å². The number of benzene rings is 2. The van der Waals surface area contributed by atoms with Crippen molar-refractivity contribution < 1.29 is 19.1 Å². The van der Waals surface area contributed by atoms with Crippen LogP contribution in [-0.4, -0.2) is 34.9 Å². The predicted octanol–water partition coefficient (Wildman–Crippen LogP) is 6.03. The second-order valence-electron chi connectivity index (χ2n) is 9.78. The average Bonchev–Trinajstić information content (AvgIpc) is 3.55. The minimum atomic E-state index is -0.371. The van der Waals surface area contributed by atoms with Gasteiger partial charge in [-0.3, -0.25) is 14.5 Å². The van der Waals surface area contributed by atoms with E-state index in [1.165, 1.54) is 17.4 Å². The van der Waals surface area contributed by atoms with Crippen LogP contribution in [0.2, 0.25) is 0 Å². The van der Waals surface area contributed by atoms with Crippen molar-refractivity contribution in [3.05, 3.63) is 83.9 Å². The number of carbonyl (C=O) groups is 3. The summed E-state index contributed by atoms with van der Waals surface area (Å²) in [6, 6.07) is 16.1. The van der Waals surface area contributed by atoms with Crippen molar-refractivity contribution in [2.45, 2.75) is 38.3 Å². The summed E-state index contributed by atoms with van der Waals surface area (Å²) < 4.78 is 5.96. The number of hydrogen-bond donors (Lipinski definition) is 3. The number of ether oxygens (including phenoxy) is 1. The van der Waals surface area contributed by atoms with Crippen LogP contribution in [0.25, 0.3) is 10.2 Å². The summed E-state index contributed by atoms with van der Waals surface area (Å²) in [5.41, 5.74) is 2.64. The van der Waals surface area contributed by atoms with Crippen molar-refractivity contribution >= 4 is 56.5 Å². The molecule has 2 aromatic heterocycles. The summed E-state index contributed by atoms with van der Waals surface area (Å²) in [5.74, 6) is 0.816. The van der Waals surface area contributed by atoms with Gasteiger partial charge in [0.25, 0.3) is 5.91 Å². The van der Waals surface area contributed by atoms with Crippen LogP contribution < -0.4 is 25.6 Å². The number of aromatic nitrogens is 1. The van der Waals surface area contributed by atoms with E-state index in [-0.39, 0.29) is 29.9 Å². The van der Waals surface area contributed by atoms with Gasteiger partial charge in [-0.2, -0.15) is 0 Å². The molecule has 1 aliphatic heterocycles. The van der Waals surface area contributed by atoms with Crippen molar-refractivity contribution in [1.29, 1.82) is 0 Å². The largest absolute Gasteiger partial charge is 0.457 e. The Hall–Kier alpha value is -4.70. The van der Waals surface area contributed by atoms with Gasteiger partial charge in [-0.15, -0.1) is 11.3 Å². The predicted molar refractivity (Wildman–Crippen MR) is 156 cm³/mol. The second-order valence-corrected chi connectivity index (χ2v) is 10.8. The van der Waals surface area contributed by atoms with E-state index in [1.54, 1.807) is 17.2 Å². The Bertz CT molecular complexity index is 1650. The van der Waals surface area contributed by atoms with Crippen LogP contribution in [0.15, 0.2) is 73.4 Å². The van der Waals surface area contributed by atoms with E-state index in [4.69, 9.17) is 4.74 Å². The van der Waals surface area contributed by atoms with Crippen LogP contribution >= 0.6 is 11.3 Å². The average molecular weight is 554 g/mol. The Kier molecular flexibility index (Phi) is 6.69. The normalized spacial score (nSPS) is 17.8. The third kappa shape index (κ3) is 4.66. The molecule has 1 unspecified atom stereocenters. The fraction of sp³-hybridized carbons (Fsp3) is 0.200. The fourth-order valence-corrected chi connectivity index (χ4v) is 6.35. The number of para-hydroxylation sites is 1. The van der Waals surface area contributed by atoms with Gasteiger partial charge in [0.2, 0.25) is 5.91 Å². The number of anilines is 3. The lowest BCUT2D eigenvalue weighted by molar-refractivity contribution is -0.117. The van der Waals surface area contributed by atoms with Crippen LogP contribution in [0.3, 0.4) is 0 Å². The molecular formula is C30H27N5O4S. The Morgan fingerprint density at radius 3 is 2.60 bits per heavy atom. The first-order valence-electron chi connectivity index (χ1n) is 13.0. The molecular weight excluding hydrogens is 526 g/mol. The van der Waals surface area contributed by atoms with Gasteiger partial charge in [-0.1, -0.05) is 24.8 Å². The first kappa shape index (κ1) is 25.6. The van der Waals surface area contributed by atoms with Crippen molar-refractivity contribution in [3.63, 3.8) is 0 Å². The number of nitrogens with one attached hydrogen (secondary N) is 3. The van der Waals surface area contributed by atoms with Gasteiger partial charge in [-0.25, -0.2) is 9.78 Å². The highest BCUT2D eigenvalue weighted by atomic mass is 32.1. The quantitative estimate of drug-likeness (QED) is 0.242. The Morgan fingerprint density at radius 2 is 1.85 bits per heavy atom. The zero-order valence-electron chi connectivity index (χ0n) is 21.8. The summed E-state index contributed by atoms with van der Waals surface area (Å²) >= 11 is 1.23. The second kappa shape index (κ2) is 10.5. The van der Waals surface area contributed by atoms with Gasteiger partial charge in [0.15, 0.2) is 0 Å². The number of urea groups is 1. The molecule has 9 nitrogen and oxygen atoms in total. The number of thiophene rings is 1. The lowest BCUT2D eigenvalue weighted by Gasteiger charge is -2.29. The number of carbonyl (C=O) groups excluding carboxylic acids is 3. The first-order valence-corrected chi connectivity index (χ1v) is 13.8. The Balaban J connectivity index is 1.30. The SMILES string of the molecule is C=CC(=O)NC1CCC[C@H]1NC(=O)c1sc2nccc3c2c1NC(=O)N3c1ccc(Oc2ccccc2)cc1C. The number of nitrogens with zero attached hydrogens (tertiary/aromatic N) is 2. The van der Waals surface area contributed by atoms with E-state index in [1.807, 2.05) is 55.5 Å². The summed E-state index contributed by atoms with van der Waals surface area (Å²) in [7, 11) is 0. The third-order valence-electron chi connectivity index (χ3n) is 7.19. The van der Waals surface area contributed by atoms with E-state index in [0.717, 1.165) is 30.6 Å². The van der Waals surface area contributed by atoms with Gasteiger partial charge in [0.1, 0.15) is 21.2 Å². The zero-order chi connectivity index (χ0) is 27.8. The topological polar surface area (TPSA) is 113 Å². The third-order valence-corrected chi connectivity index (χ3v) is 8.28. The molecule has 2 aromatic carbocycles. The van der Waals surface area contributed by atoms with Crippen LogP contribution in [0.4, 0.5) is 21.9 Å². The van der Waals surface area contributed by atoms with E-state index in [9.17, 15) is 14.4 Å². The van der Waals surface area contributed by atoms with Crippen LogP contribution in [0.1, 0.15) is 34.5 Å². The zero-order valence-corrected chi connectivity index (χ0v) is 22.6. The molecule has 0 spiro atoms. The summed E-state index contributed by atoms with van der Waals surface area (Å²) in [6.07, 6.45) is 5.29. The van der Waals surface area contributed by atoms with Gasteiger partial charge < -0.3 is 20.7 Å². The van der Waals surface area contributed by atoms with Crippen LogP contribution in [-0.2, 0) is 4.79 Å². The summed E-state index contributed by atoms with van der Waals surface area (Å²) in [5, 5.41) is 9.62. The molecule has 2 atom stereocenters. The maximum Gasteiger partial charge on any atom is 0.331 e. The molecule has 202 valence electrons. The van der Waals surface area contributed by atoms with Crippen molar-refractivity contribution in [1.82, 2.24) is 15.6 Å². The smallest absolute Gasteiger partial charge is 0.331 e. The molecule has 1 aliphatic carbocycles. The summed E-state index contributed by atoms with van der Waals surface area (Å²) in [4.78, 5) is 45.9. The number of aryl methyl sites for hydroxylation is 1. The molecule has 1 saturated carbocycles. The summed E-state index contributed by atoms with van der Waals surface area (Å²) in [6.45, 7) is 5.43. The van der Waals surface area contributed by atoms with Gasteiger partial charge in [0, 0.05) is 18.3 Å². The van der Waals surface area contributed by atoms with Gasteiger partial charge in [-0.05, 0) is 74.2 Å². The molecule has 0 radical (unpaired) electrons. The van der Waals surface area contributed by atoms with E-state index < -0.39 is 0 Å². The molecule has 40 heavy (non-hydrogen) atoms. The fourth-order valence-electron chi connectivity index (χ4n) is 5.33. The van der Waals surface area contributed by atoms with E-state index in [0.29, 0.717) is 37.9 Å². The molecule has 0 bridgehead atoms. The first-order chi connectivity index (χ1) is 19.4. The molecule has 4 aromatic rings. The van der Waals surface area contributed by atoms with E-state index in [2.05, 4.69) is 27.5 Å². The Morgan fingerprint density at radius 1 is 1.07 bits per heavy atom.